The molecule has 0 saturated carbocycles. The molecule has 3 nitrogen and oxygen atoms in total. The van der Waals surface area contributed by atoms with Gasteiger partial charge in [0, 0.05) is 16.0 Å². The summed E-state index contributed by atoms with van der Waals surface area (Å²) < 4.78 is 21.0. The summed E-state index contributed by atoms with van der Waals surface area (Å²) in [5.74, 6) is 0. The lowest BCUT2D eigenvalue weighted by atomic mass is 10.1. The second kappa shape index (κ2) is 4.37. The molecule has 0 aliphatic carbocycles. The van der Waals surface area contributed by atoms with Crippen LogP contribution in [0.3, 0.4) is 0 Å². The average molecular weight is 232 g/mol. The van der Waals surface area contributed by atoms with Gasteiger partial charge >= 0.3 is 8.25 Å². The van der Waals surface area contributed by atoms with Gasteiger partial charge in [-0.25, -0.2) is 0 Å². The fraction of sp³-hybridized carbons (Fsp3) is 0.333. The van der Waals surface area contributed by atoms with Crippen LogP contribution in [-0.2, 0) is 13.6 Å². The van der Waals surface area contributed by atoms with Gasteiger partial charge in [0.2, 0.25) is 0 Å². The standard InChI is InChI=1S/C9H9ClO3P/c10-8-3-1-7(2-4-8)9-5-6-12-14(11)13-9/h1-4,9H,5-6H2/q+1/t9-/m0/s1. The second-order valence-electron chi connectivity index (χ2n) is 2.99. The summed E-state index contributed by atoms with van der Waals surface area (Å²) in [6, 6.07) is 7.34. The summed E-state index contributed by atoms with van der Waals surface area (Å²) in [6.45, 7) is 0.475. The van der Waals surface area contributed by atoms with E-state index in [1.54, 1.807) is 12.1 Å². The minimum Gasteiger partial charge on any atom is -0.119 e. The highest BCUT2D eigenvalue weighted by Gasteiger charge is 2.33. The smallest absolute Gasteiger partial charge is 0.119 e. The van der Waals surface area contributed by atoms with Crippen LogP contribution in [0.5, 0.6) is 0 Å². The maximum absolute atomic E-state index is 11.0. The topological polar surface area (TPSA) is 35.5 Å². The zero-order chi connectivity index (χ0) is 9.97. The number of halogens is 1. The largest absolute Gasteiger partial charge is 0.698 e. The molecular weight excluding hydrogens is 223 g/mol. The van der Waals surface area contributed by atoms with Crippen molar-refractivity contribution < 1.29 is 13.6 Å². The molecule has 14 heavy (non-hydrogen) atoms. The summed E-state index contributed by atoms with van der Waals surface area (Å²) in [4.78, 5) is 0. The van der Waals surface area contributed by atoms with Crippen molar-refractivity contribution in [2.24, 2.45) is 0 Å². The average Bonchev–Trinajstić information content (AvgIpc) is 2.19. The summed E-state index contributed by atoms with van der Waals surface area (Å²) in [7, 11) is -1.95. The number of rotatable bonds is 1. The molecule has 1 heterocycles. The molecule has 0 N–H and O–H groups in total. The van der Waals surface area contributed by atoms with Crippen LogP contribution >= 0.6 is 19.9 Å². The third kappa shape index (κ3) is 2.31. The predicted molar refractivity (Wildman–Crippen MR) is 53.5 cm³/mol. The minimum atomic E-state index is -1.95. The van der Waals surface area contributed by atoms with E-state index in [0.29, 0.717) is 11.6 Å². The molecule has 1 aromatic carbocycles. The van der Waals surface area contributed by atoms with Crippen molar-refractivity contribution in [3.05, 3.63) is 34.9 Å². The van der Waals surface area contributed by atoms with Crippen molar-refractivity contribution >= 4 is 19.9 Å². The Kier molecular flexibility index (Phi) is 3.14. The van der Waals surface area contributed by atoms with Crippen LogP contribution in [0.1, 0.15) is 18.1 Å². The quantitative estimate of drug-likeness (QED) is 0.694. The second-order valence-corrected chi connectivity index (χ2v) is 4.34. The molecule has 1 aliphatic heterocycles. The summed E-state index contributed by atoms with van der Waals surface area (Å²) in [5.41, 5.74) is 0.987. The van der Waals surface area contributed by atoms with Gasteiger partial charge in [0.15, 0.2) is 0 Å². The molecule has 5 heteroatoms. The van der Waals surface area contributed by atoms with E-state index in [2.05, 4.69) is 0 Å². The van der Waals surface area contributed by atoms with Crippen LogP contribution in [0, 0.1) is 0 Å². The summed E-state index contributed by atoms with van der Waals surface area (Å²) >= 11 is 5.76. The van der Waals surface area contributed by atoms with E-state index < -0.39 is 8.25 Å². The Labute approximate surface area is 87.9 Å². The molecular formula is C9H9ClO3P+. The van der Waals surface area contributed by atoms with E-state index in [1.165, 1.54) is 0 Å². The highest BCUT2D eigenvalue weighted by molar-refractivity contribution is 7.33. The molecule has 0 spiro atoms. The third-order valence-corrected chi connectivity index (χ3v) is 3.10. The molecule has 0 bridgehead atoms. The van der Waals surface area contributed by atoms with E-state index in [-0.39, 0.29) is 6.10 Å². The first-order chi connectivity index (χ1) is 6.75. The maximum Gasteiger partial charge on any atom is 0.698 e. The molecule has 74 valence electrons. The molecule has 0 aromatic heterocycles. The Balaban J connectivity index is 2.14. The predicted octanol–water partition coefficient (Wildman–Crippen LogP) is 3.48. The first kappa shape index (κ1) is 10.1. The van der Waals surface area contributed by atoms with Gasteiger partial charge < -0.3 is 0 Å². The molecule has 1 aromatic rings. The molecule has 0 amide bonds. The molecule has 1 unspecified atom stereocenters. The van der Waals surface area contributed by atoms with Gasteiger partial charge in [-0.2, -0.15) is 0 Å². The van der Waals surface area contributed by atoms with Crippen molar-refractivity contribution in [2.75, 3.05) is 6.61 Å². The zero-order valence-corrected chi connectivity index (χ0v) is 9.00. The lowest BCUT2D eigenvalue weighted by Gasteiger charge is -2.12. The van der Waals surface area contributed by atoms with Gasteiger partial charge in [-0.1, -0.05) is 23.7 Å². The van der Waals surface area contributed by atoms with Crippen molar-refractivity contribution in [3.8, 4) is 0 Å². The number of hydrogen-bond donors (Lipinski definition) is 0. The Morgan fingerprint density at radius 3 is 2.71 bits per heavy atom. The van der Waals surface area contributed by atoms with E-state index >= 15 is 0 Å². The fourth-order valence-electron chi connectivity index (χ4n) is 1.33. The van der Waals surface area contributed by atoms with Crippen molar-refractivity contribution in [2.45, 2.75) is 12.5 Å². The first-order valence-corrected chi connectivity index (χ1v) is 5.75. The van der Waals surface area contributed by atoms with Gasteiger partial charge in [0.25, 0.3) is 0 Å². The van der Waals surface area contributed by atoms with Crippen molar-refractivity contribution in [1.29, 1.82) is 0 Å². The van der Waals surface area contributed by atoms with Crippen LogP contribution in [0.15, 0.2) is 24.3 Å². The molecule has 1 aliphatic rings. The van der Waals surface area contributed by atoms with Gasteiger partial charge in [0.1, 0.15) is 12.7 Å². The monoisotopic (exact) mass is 231 g/mol. The highest BCUT2D eigenvalue weighted by atomic mass is 35.5. The van der Waals surface area contributed by atoms with Crippen LogP contribution in [0.4, 0.5) is 0 Å². The minimum absolute atomic E-state index is 0.135. The summed E-state index contributed by atoms with van der Waals surface area (Å²) in [6.07, 6.45) is 0.590. The normalized spacial score (nSPS) is 24.9. The zero-order valence-electron chi connectivity index (χ0n) is 7.35. The Morgan fingerprint density at radius 1 is 1.36 bits per heavy atom. The van der Waals surface area contributed by atoms with Crippen LogP contribution in [-0.4, -0.2) is 6.61 Å². The van der Waals surface area contributed by atoms with E-state index in [4.69, 9.17) is 20.6 Å². The van der Waals surface area contributed by atoms with Crippen LogP contribution in [0.2, 0.25) is 5.02 Å². The lowest BCUT2D eigenvalue weighted by molar-refractivity contribution is 0.0968. The summed E-state index contributed by atoms with van der Waals surface area (Å²) in [5, 5.41) is 0.685. The van der Waals surface area contributed by atoms with Crippen LogP contribution in [0.25, 0.3) is 0 Å². The molecule has 2 rings (SSSR count). The number of benzene rings is 1. The Morgan fingerprint density at radius 2 is 2.07 bits per heavy atom. The van der Waals surface area contributed by atoms with E-state index in [9.17, 15) is 4.57 Å². The van der Waals surface area contributed by atoms with Gasteiger partial charge in [0.05, 0.1) is 0 Å². The molecule has 0 radical (unpaired) electrons. The van der Waals surface area contributed by atoms with Crippen LogP contribution < -0.4 is 0 Å². The van der Waals surface area contributed by atoms with E-state index in [1.807, 2.05) is 12.1 Å². The van der Waals surface area contributed by atoms with Gasteiger partial charge in [-0.15, -0.1) is 9.05 Å². The van der Waals surface area contributed by atoms with Crippen molar-refractivity contribution in [3.63, 3.8) is 0 Å². The van der Waals surface area contributed by atoms with E-state index in [0.717, 1.165) is 12.0 Å². The highest BCUT2D eigenvalue weighted by Crippen LogP contribution is 2.39. The van der Waals surface area contributed by atoms with Gasteiger partial charge in [-0.05, 0) is 17.7 Å². The molecule has 1 fully saturated rings. The Bertz CT molecular complexity index is 338. The van der Waals surface area contributed by atoms with Crippen molar-refractivity contribution in [1.82, 2.24) is 0 Å². The lowest BCUT2D eigenvalue weighted by Crippen LogP contribution is -2.08. The first-order valence-electron chi connectivity index (χ1n) is 4.28. The third-order valence-electron chi connectivity index (χ3n) is 2.03. The van der Waals surface area contributed by atoms with Gasteiger partial charge in [-0.3, -0.25) is 0 Å². The fourth-order valence-corrected chi connectivity index (χ4v) is 2.20. The molecule has 2 atom stereocenters. The maximum atomic E-state index is 11.0. The molecule has 1 saturated heterocycles. The Hall–Kier alpha value is -0.470. The number of hydrogen-bond acceptors (Lipinski definition) is 3. The SMILES string of the molecule is O=[P+]1OCC[C@@H](c2ccc(Cl)cc2)O1.